The largest absolute Gasteiger partial charge is 0.321 e. The van der Waals surface area contributed by atoms with E-state index >= 15 is 0 Å². The van der Waals surface area contributed by atoms with Crippen LogP contribution in [-0.2, 0) is 9.84 Å². The minimum atomic E-state index is -3.64. The van der Waals surface area contributed by atoms with Gasteiger partial charge in [-0.2, -0.15) is 0 Å². The van der Waals surface area contributed by atoms with Crippen LogP contribution in [-0.4, -0.2) is 25.6 Å². The van der Waals surface area contributed by atoms with Gasteiger partial charge in [-0.3, -0.25) is 4.79 Å². The molecule has 0 fully saturated rings. The van der Waals surface area contributed by atoms with Crippen LogP contribution < -0.4 is 5.32 Å². The van der Waals surface area contributed by atoms with Crippen molar-refractivity contribution in [2.45, 2.75) is 11.8 Å². The van der Waals surface area contributed by atoms with Crippen molar-refractivity contribution >= 4 is 21.4 Å². The second kappa shape index (κ2) is 5.61. The number of amides is 1. The molecule has 0 saturated heterocycles. The minimum absolute atomic E-state index is 0.160. The van der Waals surface area contributed by atoms with Crippen molar-refractivity contribution in [1.29, 1.82) is 0 Å². The number of benzene rings is 1. The number of hydrogen-bond donors (Lipinski definition) is 1. The monoisotopic (exact) mass is 308 g/mol. The van der Waals surface area contributed by atoms with E-state index in [0.29, 0.717) is 5.69 Å². The molecule has 0 radical (unpaired) electrons. The van der Waals surface area contributed by atoms with E-state index < -0.39 is 26.5 Å². The summed E-state index contributed by atoms with van der Waals surface area (Å²) in [5.41, 5.74) is 1.04. The van der Waals surface area contributed by atoms with Crippen LogP contribution in [0.5, 0.6) is 0 Å². The molecular formula is C14H13FN2O3S. The third-order valence-corrected chi connectivity index (χ3v) is 3.84. The van der Waals surface area contributed by atoms with Crippen molar-refractivity contribution in [3.05, 3.63) is 53.6 Å². The first-order valence-electron chi connectivity index (χ1n) is 6.02. The van der Waals surface area contributed by atoms with E-state index in [9.17, 15) is 17.6 Å². The third kappa shape index (κ3) is 3.63. The number of sulfone groups is 1. The van der Waals surface area contributed by atoms with Crippen molar-refractivity contribution in [2.24, 2.45) is 0 Å². The van der Waals surface area contributed by atoms with E-state index in [0.717, 1.165) is 18.4 Å². The summed E-state index contributed by atoms with van der Waals surface area (Å²) in [6.07, 6.45) is 0.917. The molecule has 110 valence electrons. The first kappa shape index (κ1) is 15.1. The van der Waals surface area contributed by atoms with Gasteiger partial charge in [0.15, 0.2) is 9.84 Å². The first-order chi connectivity index (χ1) is 9.77. The lowest BCUT2D eigenvalue weighted by atomic mass is 10.2. The highest BCUT2D eigenvalue weighted by atomic mass is 32.2. The van der Waals surface area contributed by atoms with Crippen LogP contribution in [0.4, 0.5) is 10.1 Å². The fraction of sp³-hybridized carbons (Fsp3) is 0.143. The Hall–Kier alpha value is -2.28. The van der Waals surface area contributed by atoms with Gasteiger partial charge in [0, 0.05) is 17.6 Å². The Labute approximate surface area is 121 Å². The highest BCUT2D eigenvalue weighted by Crippen LogP contribution is 2.19. The number of hydrogen-bond acceptors (Lipinski definition) is 4. The normalized spacial score (nSPS) is 11.2. The molecule has 1 aromatic heterocycles. The van der Waals surface area contributed by atoms with Crippen LogP contribution in [0.15, 0.2) is 41.3 Å². The van der Waals surface area contributed by atoms with Gasteiger partial charge >= 0.3 is 0 Å². The van der Waals surface area contributed by atoms with Crippen LogP contribution >= 0.6 is 0 Å². The van der Waals surface area contributed by atoms with Gasteiger partial charge in [0.05, 0.1) is 0 Å². The van der Waals surface area contributed by atoms with Gasteiger partial charge in [-0.05, 0) is 37.3 Å². The highest BCUT2D eigenvalue weighted by Gasteiger charge is 2.15. The predicted octanol–water partition coefficient (Wildman–Crippen LogP) is 2.18. The fourth-order valence-electron chi connectivity index (χ4n) is 1.74. The number of nitrogens with zero attached hydrogens (tertiary/aromatic N) is 1. The average molecular weight is 308 g/mol. The van der Waals surface area contributed by atoms with Gasteiger partial charge in [-0.15, -0.1) is 0 Å². The zero-order valence-electron chi connectivity index (χ0n) is 11.4. The Morgan fingerprint density at radius 2 is 1.95 bits per heavy atom. The van der Waals surface area contributed by atoms with E-state index in [1.54, 1.807) is 19.1 Å². The molecule has 1 heterocycles. The van der Waals surface area contributed by atoms with Crippen molar-refractivity contribution in [1.82, 2.24) is 4.98 Å². The van der Waals surface area contributed by atoms with Crippen molar-refractivity contribution in [2.75, 3.05) is 11.6 Å². The molecule has 7 heteroatoms. The van der Waals surface area contributed by atoms with E-state index in [-0.39, 0.29) is 11.4 Å². The quantitative estimate of drug-likeness (QED) is 0.943. The van der Waals surface area contributed by atoms with Crippen molar-refractivity contribution in [3.63, 3.8) is 0 Å². The van der Waals surface area contributed by atoms with Crippen molar-refractivity contribution in [3.8, 4) is 0 Å². The van der Waals surface area contributed by atoms with E-state index in [1.807, 2.05) is 0 Å². The predicted molar refractivity (Wildman–Crippen MR) is 76.4 cm³/mol. The number of halogens is 1. The summed E-state index contributed by atoms with van der Waals surface area (Å²) in [6.45, 7) is 1.75. The molecule has 0 bridgehead atoms. The SMILES string of the molecule is Cc1cccc(C(=O)Nc2ccc(S(C)(=O)=O)c(F)c2)n1. The van der Waals surface area contributed by atoms with Gasteiger partial charge in [0.2, 0.25) is 0 Å². The van der Waals surface area contributed by atoms with Crippen LogP contribution in [0, 0.1) is 12.7 Å². The summed E-state index contributed by atoms with van der Waals surface area (Å²) in [6, 6.07) is 8.37. The summed E-state index contributed by atoms with van der Waals surface area (Å²) < 4.78 is 36.3. The molecule has 0 unspecified atom stereocenters. The second-order valence-electron chi connectivity index (χ2n) is 4.54. The van der Waals surface area contributed by atoms with Gasteiger partial charge < -0.3 is 5.32 Å². The maximum atomic E-state index is 13.7. The standard InChI is InChI=1S/C14H13FN2O3S/c1-9-4-3-5-12(16-9)14(18)17-10-6-7-13(11(15)8-10)21(2,19)20/h3-8H,1-2H3,(H,17,18). The smallest absolute Gasteiger partial charge is 0.274 e. The number of aromatic nitrogens is 1. The maximum absolute atomic E-state index is 13.7. The molecule has 0 aliphatic carbocycles. The molecule has 0 saturated carbocycles. The zero-order chi connectivity index (χ0) is 15.6. The lowest BCUT2D eigenvalue weighted by Gasteiger charge is -2.07. The minimum Gasteiger partial charge on any atom is -0.321 e. The molecule has 21 heavy (non-hydrogen) atoms. The summed E-state index contributed by atoms with van der Waals surface area (Å²) in [5, 5.41) is 2.47. The van der Waals surface area contributed by atoms with E-state index in [1.165, 1.54) is 12.1 Å². The molecule has 2 rings (SSSR count). The second-order valence-corrected chi connectivity index (χ2v) is 6.52. The molecular weight excluding hydrogens is 295 g/mol. The molecule has 2 aromatic rings. The lowest BCUT2D eigenvalue weighted by Crippen LogP contribution is -2.14. The summed E-state index contributed by atoms with van der Waals surface area (Å²) >= 11 is 0. The third-order valence-electron chi connectivity index (χ3n) is 2.71. The topological polar surface area (TPSA) is 76.1 Å². The van der Waals surface area contributed by atoms with Gasteiger partial charge in [-0.1, -0.05) is 6.07 Å². The summed E-state index contributed by atoms with van der Waals surface area (Å²) in [5.74, 6) is -1.40. The Balaban J connectivity index is 2.25. The maximum Gasteiger partial charge on any atom is 0.274 e. The number of aryl methyl sites for hydroxylation is 1. The molecule has 1 amide bonds. The van der Waals surface area contributed by atoms with Crippen LogP contribution in [0.1, 0.15) is 16.2 Å². The van der Waals surface area contributed by atoms with Crippen molar-refractivity contribution < 1.29 is 17.6 Å². The molecule has 0 atom stereocenters. The number of anilines is 1. The Morgan fingerprint density at radius 3 is 2.52 bits per heavy atom. The first-order valence-corrected chi connectivity index (χ1v) is 7.91. The van der Waals surface area contributed by atoms with Gasteiger partial charge in [0.25, 0.3) is 5.91 Å². The number of carbonyl (C=O) groups excluding carboxylic acids is 1. The van der Waals surface area contributed by atoms with Gasteiger partial charge in [0.1, 0.15) is 16.4 Å². The summed E-state index contributed by atoms with van der Waals surface area (Å²) in [4.78, 5) is 15.6. The number of pyridine rings is 1. The number of rotatable bonds is 3. The molecule has 1 aromatic carbocycles. The molecule has 5 nitrogen and oxygen atoms in total. The van der Waals surface area contributed by atoms with E-state index in [2.05, 4.69) is 10.3 Å². The van der Waals surface area contributed by atoms with Crippen LogP contribution in [0.3, 0.4) is 0 Å². The number of nitrogens with one attached hydrogen (secondary N) is 1. The zero-order valence-corrected chi connectivity index (χ0v) is 12.2. The van der Waals surface area contributed by atoms with Gasteiger partial charge in [-0.25, -0.2) is 17.8 Å². The Bertz CT molecular complexity index is 804. The fourth-order valence-corrected chi connectivity index (χ4v) is 2.47. The van der Waals surface area contributed by atoms with E-state index in [4.69, 9.17) is 0 Å². The highest BCUT2D eigenvalue weighted by molar-refractivity contribution is 7.90. The molecule has 0 aliphatic rings. The molecule has 1 N–H and O–H groups in total. The molecule has 0 aliphatic heterocycles. The lowest BCUT2D eigenvalue weighted by molar-refractivity contribution is 0.102. The van der Waals surface area contributed by atoms with Crippen LogP contribution in [0.25, 0.3) is 0 Å². The summed E-state index contributed by atoms with van der Waals surface area (Å²) in [7, 11) is -3.64. The van der Waals surface area contributed by atoms with Crippen LogP contribution in [0.2, 0.25) is 0 Å². The average Bonchev–Trinajstić information content (AvgIpc) is 2.37. The Kier molecular flexibility index (Phi) is 4.04. The molecule has 0 spiro atoms. The number of carbonyl (C=O) groups is 1. The Morgan fingerprint density at radius 1 is 1.24 bits per heavy atom.